The normalized spacial score (nSPS) is 18.5. The summed E-state index contributed by atoms with van der Waals surface area (Å²) < 4.78 is 0. The fourth-order valence-electron chi connectivity index (χ4n) is 1.85. The molecule has 1 aliphatic rings. The van der Waals surface area contributed by atoms with Gasteiger partial charge in [-0.25, -0.2) is 5.01 Å². The molecular formula is C12H17Cl2N3. The minimum atomic E-state index is 0.615. The Morgan fingerprint density at radius 1 is 1.18 bits per heavy atom. The summed E-state index contributed by atoms with van der Waals surface area (Å²) in [5.41, 5.74) is 4.43. The van der Waals surface area contributed by atoms with Gasteiger partial charge in [0.1, 0.15) is 0 Å². The van der Waals surface area contributed by atoms with Gasteiger partial charge >= 0.3 is 0 Å². The SMILES string of the molecule is CN1CCN(NCc2cccc(Cl)c2Cl)CC1. The van der Waals surface area contributed by atoms with Crippen LogP contribution < -0.4 is 5.43 Å². The van der Waals surface area contributed by atoms with Gasteiger partial charge in [0.25, 0.3) is 0 Å². The molecule has 1 aromatic carbocycles. The van der Waals surface area contributed by atoms with Gasteiger partial charge in [-0.2, -0.15) is 0 Å². The lowest BCUT2D eigenvalue weighted by atomic mass is 10.2. The quantitative estimate of drug-likeness (QED) is 0.912. The van der Waals surface area contributed by atoms with Crippen molar-refractivity contribution >= 4 is 23.2 Å². The van der Waals surface area contributed by atoms with Crippen molar-refractivity contribution in [2.24, 2.45) is 0 Å². The van der Waals surface area contributed by atoms with Crippen LogP contribution in [0.1, 0.15) is 5.56 Å². The van der Waals surface area contributed by atoms with Crippen LogP contribution in [0.2, 0.25) is 10.0 Å². The average molecular weight is 274 g/mol. The number of benzene rings is 1. The number of halogens is 2. The standard InChI is InChI=1S/C12H17Cl2N3/c1-16-5-7-17(8-6-16)15-9-10-3-2-4-11(13)12(10)14/h2-4,15H,5-9H2,1H3. The molecule has 0 aliphatic carbocycles. The molecule has 1 saturated heterocycles. The monoisotopic (exact) mass is 273 g/mol. The first-order valence-corrected chi connectivity index (χ1v) is 6.52. The molecular weight excluding hydrogens is 257 g/mol. The van der Waals surface area contributed by atoms with Crippen molar-refractivity contribution in [3.8, 4) is 0 Å². The molecule has 1 N–H and O–H groups in total. The zero-order chi connectivity index (χ0) is 12.3. The Labute approximate surface area is 112 Å². The Bertz CT molecular complexity index is 376. The Balaban J connectivity index is 1.87. The van der Waals surface area contributed by atoms with Gasteiger partial charge in [0.2, 0.25) is 0 Å². The van der Waals surface area contributed by atoms with Crippen molar-refractivity contribution in [2.45, 2.75) is 6.54 Å². The summed E-state index contributed by atoms with van der Waals surface area (Å²) in [6.07, 6.45) is 0. The van der Waals surface area contributed by atoms with Gasteiger partial charge < -0.3 is 4.90 Å². The molecule has 0 saturated carbocycles. The first-order valence-electron chi connectivity index (χ1n) is 5.76. The number of nitrogens with zero attached hydrogens (tertiary/aromatic N) is 2. The topological polar surface area (TPSA) is 18.5 Å². The molecule has 1 fully saturated rings. The highest BCUT2D eigenvalue weighted by atomic mass is 35.5. The van der Waals surface area contributed by atoms with Crippen molar-refractivity contribution in [1.82, 2.24) is 15.3 Å². The second kappa shape index (κ2) is 6.03. The van der Waals surface area contributed by atoms with Crippen LogP contribution >= 0.6 is 23.2 Å². The first kappa shape index (κ1) is 13.1. The minimum absolute atomic E-state index is 0.615. The number of piperazine rings is 1. The van der Waals surface area contributed by atoms with Gasteiger partial charge in [-0.1, -0.05) is 35.3 Å². The van der Waals surface area contributed by atoms with Crippen molar-refractivity contribution in [3.63, 3.8) is 0 Å². The molecule has 1 aromatic rings. The summed E-state index contributed by atoms with van der Waals surface area (Å²) in [5.74, 6) is 0. The Morgan fingerprint density at radius 3 is 2.59 bits per heavy atom. The number of hydrogen-bond acceptors (Lipinski definition) is 3. The minimum Gasteiger partial charge on any atom is -0.304 e. The van der Waals surface area contributed by atoms with E-state index in [0.29, 0.717) is 10.0 Å². The number of hydrogen-bond donors (Lipinski definition) is 1. The van der Waals surface area contributed by atoms with Crippen molar-refractivity contribution < 1.29 is 0 Å². The molecule has 0 unspecified atom stereocenters. The molecule has 0 aromatic heterocycles. The van der Waals surface area contributed by atoms with Gasteiger partial charge in [0.05, 0.1) is 10.0 Å². The molecule has 0 bridgehead atoms. The summed E-state index contributed by atoms with van der Waals surface area (Å²) in [6.45, 7) is 4.99. The van der Waals surface area contributed by atoms with Crippen LogP contribution in [0.5, 0.6) is 0 Å². The first-order chi connectivity index (χ1) is 8.16. The van der Waals surface area contributed by atoms with Gasteiger partial charge in [-0.05, 0) is 18.7 Å². The highest BCUT2D eigenvalue weighted by Crippen LogP contribution is 2.25. The zero-order valence-corrected chi connectivity index (χ0v) is 11.4. The van der Waals surface area contributed by atoms with E-state index in [1.807, 2.05) is 18.2 Å². The second-order valence-electron chi connectivity index (χ2n) is 4.34. The fraction of sp³-hybridized carbons (Fsp3) is 0.500. The largest absolute Gasteiger partial charge is 0.304 e. The predicted molar refractivity (Wildman–Crippen MR) is 72.4 cm³/mol. The molecule has 0 amide bonds. The number of hydrazine groups is 1. The van der Waals surface area contributed by atoms with Crippen molar-refractivity contribution in [1.29, 1.82) is 0 Å². The van der Waals surface area contributed by atoms with Crippen LogP contribution in [0.3, 0.4) is 0 Å². The second-order valence-corrected chi connectivity index (χ2v) is 5.12. The smallest absolute Gasteiger partial charge is 0.0637 e. The number of rotatable bonds is 3. The lowest BCUT2D eigenvalue weighted by Gasteiger charge is -2.32. The van der Waals surface area contributed by atoms with Gasteiger partial charge in [-0.3, -0.25) is 5.43 Å². The van der Waals surface area contributed by atoms with Gasteiger partial charge in [-0.15, -0.1) is 0 Å². The Hall–Kier alpha value is -0.320. The molecule has 2 rings (SSSR count). The number of likely N-dealkylation sites (N-methyl/N-ethyl adjacent to an activating group) is 1. The maximum absolute atomic E-state index is 6.14. The van der Waals surface area contributed by atoms with E-state index >= 15 is 0 Å². The third-order valence-corrected chi connectivity index (χ3v) is 3.89. The van der Waals surface area contributed by atoms with E-state index in [4.69, 9.17) is 23.2 Å². The van der Waals surface area contributed by atoms with Gasteiger partial charge in [0, 0.05) is 32.7 Å². The maximum Gasteiger partial charge on any atom is 0.0637 e. The van der Waals surface area contributed by atoms with Crippen LogP contribution in [0.15, 0.2) is 18.2 Å². The Kier molecular flexibility index (Phi) is 4.65. The molecule has 17 heavy (non-hydrogen) atoms. The van der Waals surface area contributed by atoms with Crippen LogP contribution in [-0.2, 0) is 6.54 Å². The molecule has 0 radical (unpaired) electrons. The molecule has 0 spiro atoms. The van der Waals surface area contributed by atoms with E-state index in [0.717, 1.165) is 38.3 Å². The lowest BCUT2D eigenvalue weighted by molar-refractivity contribution is 0.102. The van der Waals surface area contributed by atoms with E-state index in [1.165, 1.54) is 0 Å². The summed E-state index contributed by atoms with van der Waals surface area (Å²) in [4.78, 5) is 2.32. The molecule has 3 nitrogen and oxygen atoms in total. The molecule has 0 atom stereocenters. The molecule has 1 aliphatic heterocycles. The fourth-order valence-corrected chi connectivity index (χ4v) is 2.23. The average Bonchev–Trinajstić information content (AvgIpc) is 2.33. The molecule has 94 valence electrons. The summed E-state index contributed by atoms with van der Waals surface area (Å²) in [5, 5.41) is 3.50. The van der Waals surface area contributed by atoms with E-state index in [-0.39, 0.29) is 0 Å². The Morgan fingerprint density at radius 2 is 1.88 bits per heavy atom. The summed E-state index contributed by atoms with van der Waals surface area (Å²) in [7, 11) is 2.14. The van der Waals surface area contributed by atoms with E-state index in [9.17, 15) is 0 Å². The number of nitrogens with one attached hydrogen (secondary N) is 1. The maximum atomic E-state index is 6.14. The summed E-state index contributed by atoms with van der Waals surface area (Å²) in [6, 6.07) is 5.73. The van der Waals surface area contributed by atoms with Crippen LogP contribution in [0, 0.1) is 0 Å². The third-order valence-electron chi connectivity index (χ3n) is 3.03. The van der Waals surface area contributed by atoms with Crippen LogP contribution in [0.25, 0.3) is 0 Å². The van der Waals surface area contributed by atoms with E-state index in [1.54, 1.807) is 0 Å². The third kappa shape index (κ3) is 3.57. The van der Waals surface area contributed by atoms with E-state index in [2.05, 4.69) is 22.4 Å². The lowest BCUT2D eigenvalue weighted by Crippen LogP contribution is -2.50. The van der Waals surface area contributed by atoms with Crippen molar-refractivity contribution in [2.75, 3.05) is 33.2 Å². The van der Waals surface area contributed by atoms with Crippen LogP contribution in [-0.4, -0.2) is 43.1 Å². The molecule has 5 heteroatoms. The van der Waals surface area contributed by atoms with Crippen molar-refractivity contribution in [3.05, 3.63) is 33.8 Å². The van der Waals surface area contributed by atoms with E-state index < -0.39 is 0 Å². The zero-order valence-electron chi connectivity index (χ0n) is 9.92. The van der Waals surface area contributed by atoms with Gasteiger partial charge in [0.15, 0.2) is 0 Å². The highest BCUT2D eigenvalue weighted by Gasteiger charge is 2.13. The molecule has 1 heterocycles. The predicted octanol–water partition coefficient (Wildman–Crippen LogP) is 2.25. The summed E-state index contributed by atoms with van der Waals surface area (Å²) >= 11 is 12.1. The highest BCUT2D eigenvalue weighted by molar-refractivity contribution is 6.42. The van der Waals surface area contributed by atoms with Crippen LogP contribution in [0.4, 0.5) is 0 Å².